The number of fused-ring (bicyclic) bond motifs is 2. The molecule has 42 heavy (non-hydrogen) atoms. The van der Waals surface area contributed by atoms with Gasteiger partial charge in [0.15, 0.2) is 0 Å². The summed E-state index contributed by atoms with van der Waals surface area (Å²) in [4.78, 5) is 37.1. The van der Waals surface area contributed by atoms with E-state index in [1.54, 1.807) is 22.1 Å². The summed E-state index contributed by atoms with van der Waals surface area (Å²) in [6, 6.07) is 7.56. The molecule has 0 radical (unpaired) electrons. The van der Waals surface area contributed by atoms with Crippen LogP contribution in [-0.4, -0.2) is 67.5 Å². The molecule has 220 valence electrons. The number of pyridine rings is 1. The Morgan fingerprint density at radius 3 is 2.69 bits per heavy atom. The monoisotopic (exact) mass is 608 g/mol. The topological polar surface area (TPSA) is 118 Å². The Balaban J connectivity index is 1.24. The lowest BCUT2D eigenvalue weighted by Crippen LogP contribution is -2.47. The first-order valence-electron chi connectivity index (χ1n) is 14.3. The maximum Gasteiger partial charge on any atom is 0.338 e. The van der Waals surface area contributed by atoms with E-state index in [0.717, 1.165) is 65.9 Å². The molecule has 4 heterocycles. The van der Waals surface area contributed by atoms with Crippen molar-refractivity contribution in [3.63, 3.8) is 0 Å². The van der Waals surface area contributed by atoms with Crippen LogP contribution in [0.2, 0.25) is 5.02 Å². The van der Waals surface area contributed by atoms with Crippen molar-refractivity contribution in [2.24, 2.45) is 0 Å². The summed E-state index contributed by atoms with van der Waals surface area (Å²) in [5.74, 6) is 0.235. The lowest BCUT2D eigenvalue weighted by atomic mass is 9.90. The number of aliphatic hydroxyl groups is 1. The number of aliphatic hydroxyl groups excluding tert-OH is 1. The highest BCUT2D eigenvalue weighted by Crippen LogP contribution is 2.40. The SMILES string of the molecule is Cc1cc(-c2cc(Cl)ccc2OCCn2c(C)nc3c(c2=O)C[C@H](N2CCC(O)CC2)CC3)c2scc(C(=O)O)c2n1. The number of hydrogen-bond donors (Lipinski definition) is 2. The molecular formula is C31H33ClN4O5S. The van der Waals surface area contributed by atoms with E-state index in [0.29, 0.717) is 46.8 Å². The van der Waals surface area contributed by atoms with Gasteiger partial charge in [0, 0.05) is 51.9 Å². The minimum Gasteiger partial charge on any atom is -0.491 e. The number of carboxylic acid groups (broad SMARTS) is 1. The number of nitrogens with zero attached hydrogens (tertiary/aromatic N) is 4. The van der Waals surface area contributed by atoms with Gasteiger partial charge in [0.25, 0.3) is 5.56 Å². The molecule has 1 aliphatic carbocycles. The molecule has 1 aromatic carbocycles. The number of aromatic carboxylic acids is 1. The maximum atomic E-state index is 13.7. The van der Waals surface area contributed by atoms with Crippen molar-refractivity contribution < 1.29 is 19.7 Å². The van der Waals surface area contributed by atoms with Crippen molar-refractivity contribution in [2.75, 3.05) is 19.7 Å². The van der Waals surface area contributed by atoms with Crippen LogP contribution >= 0.6 is 22.9 Å². The van der Waals surface area contributed by atoms with Gasteiger partial charge in [-0.2, -0.15) is 0 Å². The molecule has 9 nitrogen and oxygen atoms in total. The number of ether oxygens (including phenoxy) is 1. The van der Waals surface area contributed by atoms with Crippen molar-refractivity contribution in [3.05, 3.63) is 73.4 Å². The van der Waals surface area contributed by atoms with Gasteiger partial charge >= 0.3 is 5.97 Å². The van der Waals surface area contributed by atoms with E-state index in [1.165, 1.54) is 11.3 Å². The van der Waals surface area contributed by atoms with Crippen LogP contribution in [0.15, 0.2) is 34.4 Å². The van der Waals surface area contributed by atoms with Crippen LogP contribution in [0.5, 0.6) is 5.75 Å². The third-order valence-electron chi connectivity index (χ3n) is 8.39. The lowest BCUT2D eigenvalue weighted by molar-refractivity contribution is 0.0566. The quantitative estimate of drug-likeness (QED) is 0.305. The molecule has 1 atom stereocenters. The molecule has 4 aromatic rings. The Hall–Kier alpha value is -3.31. The molecule has 0 amide bonds. The van der Waals surface area contributed by atoms with Crippen molar-refractivity contribution in [1.82, 2.24) is 19.4 Å². The number of thiophene rings is 1. The van der Waals surface area contributed by atoms with Crippen molar-refractivity contribution >= 4 is 39.1 Å². The molecule has 0 bridgehead atoms. The summed E-state index contributed by atoms with van der Waals surface area (Å²) >= 11 is 7.72. The Morgan fingerprint density at radius 2 is 1.93 bits per heavy atom. The van der Waals surface area contributed by atoms with Gasteiger partial charge in [0.05, 0.1) is 34.1 Å². The van der Waals surface area contributed by atoms with Gasteiger partial charge in [0.2, 0.25) is 0 Å². The second-order valence-electron chi connectivity index (χ2n) is 11.1. The summed E-state index contributed by atoms with van der Waals surface area (Å²) in [5.41, 5.74) is 4.50. The fourth-order valence-corrected chi connectivity index (χ4v) is 7.39. The highest BCUT2D eigenvalue weighted by Gasteiger charge is 2.30. The molecule has 0 unspecified atom stereocenters. The zero-order valence-electron chi connectivity index (χ0n) is 23.6. The normalized spacial score (nSPS) is 17.9. The van der Waals surface area contributed by atoms with Crippen molar-refractivity contribution in [3.8, 4) is 16.9 Å². The minimum absolute atomic E-state index is 0.00886. The first kappa shape index (κ1) is 28.8. The predicted octanol–water partition coefficient (Wildman–Crippen LogP) is 4.88. The van der Waals surface area contributed by atoms with E-state index in [2.05, 4.69) is 9.88 Å². The fraction of sp³-hybridized carbons (Fsp3) is 0.419. The van der Waals surface area contributed by atoms with Gasteiger partial charge in [-0.05, 0) is 70.2 Å². The number of likely N-dealkylation sites (tertiary alicyclic amines) is 1. The fourth-order valence-electron chi connectivity index (χ4n) is 6.21. The van der Waals surface area contributed by atoms with Crippen LogP contribution < -0.4 is 10.3 Å². The predicted molar refractivity (Wildman–Crippen MR) is 163 cm³/mol. The van der Waals surface area contributed by atoms with Crippen LogP contribution in [0.25, 0.3) is 21.3 Å². The molecule has 0 spiro atoms. The molecule has 6 rings (SSSR count). The molecule has 2 aliphatic rings. The molecule has 1 aliphatic heterocycles. The number of benzene rings is 1. The Bertz CT molecular complexity index is 1730. The Labute approximate surface area is 252 Å². The number of hydrogen-bond acceptors (Lipinski definition) is 8. The summed E-state index contributed by atoms with van der Waals surface area (Å²) in [6.07, 6.45) is 3.77. The zero-order valence-corrected chi connectivity index (χ0v) is 25.2. The third-order valence-corrected chi connectivity index (χ3v) is 9.63. The Morgan fingerprint density at radius 1 is 1.14 bits per heavy atom. The molecule has 2 N–H and O–H groups in total. The van der Waals surface area contributed by atoms with Crippen molar-refractivity contribution in [1.29, 1.82) is 0 Å². The van der Waals surface area contributed by atoms with Crippen LogP contribution in [-0.2, 0) is 19.4 Å². The molecular weight excluding hydrogens is 576 g/mol. The van der Waals surface area contributed by atoms with E-state index < -0.39 is 5.97 Å². The number of carbonyl (C=O) groups is 1. The molecule has 11 heteroatoms. The van der Waals surface area contributed by atoms with Crippen LogP contribution in [0.1, 0.15) is 52.4 Å². The summed E-state index contributed by atoms with van der Waals surface area (Å²) in [6.45, 7) is 5.98. The minimum atomic E-state index is -1.02. The highest BCUT2D eigenvalue weighted by atomic mass is 35.5. The first-order valence-corrected chi connectivity index (χ1v) is 15.5. The second kappa shape index (κ2) is 11.8. The average Bonchev–Trinajstić information content (AvgIpc) is 3.39. The van der Waals surface area contributed by atoms with Gasteiger partial charge in [-0.3, -0.25) is 19.2 Å². The number of aryl methyl sites for hydroxylation is 3. The first-order chi connectivity index (χ1) is 20.2. The van der Waals surface area contributed by atoms with Crippen LogP contribution in [0, 0.1) is 13.8 Å². The van der Waals surface area contributed by atoms with E-state index in [4.69, 9.17) is 21.3 Å². The summed E-state index contributed by atoms with van der Waals surface area (Å²) < 4.78 is 8.71. The number of carboxylic acids is 1. The molecule has 1 fully saturated rings. The van der Waals surface area contributed by atoms with Crippen LogP contribution in [0.3, 0.4) is 0 Å². The third kappa shape index (κ3) is 5.56. The molecule has 3 aromatic heterocycles. The number of piperidine rings is 1. The van der Waals surface area contributed by atoms with E-state index in [1.807, 2.05) is 26.0 Å². The van der Waals surface area contributed by atoms with Gasteiger partial charge in [-0.15, -0.1) is 11.3 Å². The number of halogens is 1. The highest BCUT2D eigenvalue weighted by molar-refractivity contribution is 7.18. The summed E-state index contributed by atoms with van der Waals surface area (Å²) in [7, 11) is 0. The Kier molecular flexibility index (Phi) is 8.06. The van der Waals surface area contributed by atoms with Gasteiger partial charge in [-0.1, -0.05) is 11.6 Å². The summed E-state index contributed by atoms with van der Waals surface area (Å²) in [5, 5.41) is 21.7. The van der Waals surface area contributed by atoms with Gasteiger partial charge in [0.1, 0.15) is 18.2 Å². The van der Waals surface area contributed by atoms with E-state index in [-0.39, 0.29) is 23.8 Å². The average molecular weight is 609 g/mol. The zero-order chi connectivity index (χ0) is 29.5. The lowest BCUT2D eigenvalue weighted by Gasteiger charge is -2.38. The molecule has 0 saturated carbocycles. The number of aromatic nitrogens is 3. The van der Waals surface area contributed by atoms with Gasteiger partial charge < -0.3 is 14.9 Å². The number of rotatable bonds is 7. The van der Waals surface area contributed by atoms with E-state index >= 15 is 0 Å². The molecule has 1 saturated heterocycles. The maximum absolute atomic E-state index is 13.7. The smallest absolute Gasteiger partial charge is 0.338 e. The van der Waals surface area contributed by atoms with Gasteiger partial charge in [-0.25, -0.2) is 9.78 Å². The largest absolute Gasteiger partial charge is 0.491 e. The van der Waals surface area contributed by atoms with Crippen LogP contribution in [0.4, 0.5) is 0 Å². The van der Waals surface area contributed by atoms with E-state index in [9.17, 15) is 19.8 Å². The standard InChI is InChI=1S/C31H33ClN4O5S/c1-17-13-23(29-28(33-17)25(16-42-29)31(39)40)22-14-19(32)3-6-27(22)41-12-11-36-18(2)34-26-5-4-20(15-24(26)30(36)38)35-9-7-21(37)8-10-35/h3,6,13-14,16,20-21,37H,4-5,7-12,15H2,1-2H3,(H,39,40)/t20-/m1/s1. The second-order valence-corrected chi connectivity index (χ2v) is 12.5. The van der Waals surface area contributed by atoms with Crippen molar-refractivity contribution in [2.45, 2.75) is 64.6 Å².